The second-order valence-electron chi connectivity index (χ2n) is 2.69. The summed E-state index contributed by atoms with van der Waals surface area (Å²) in [7, 11) is 0. The number of ketones is 1. The van der Waals surface area contributed by atoms with Gasteiger partial charge in [-0.1, -0.05) is 6.07 Å². The smallest absolute Gasteiger partial charge is 0.354 e. The summed E-state index contributed by atoms with van der Waals surface area (Å²) in [6.07, 6.45) is 0. The van der Waals surface area contributed by atoms with E-state index in [0.29, 0.717) is 0 Å². The average Bonchev–Trinajstić information content (AvgIpc) is 2.16. The van der Waals surface area contributed by atoms with Crippen molar-refractivity contribution in [3.8, 4) is 0 Å². The van der Waals surface area contributed by atoms with Crippen molar-refractivity contribution < 1.29 is 14.7 Å². The molecule has 0 aliphatic carbocycles. The van der Waals surface area contributed by atoms with Crippen LogP contribution in [0, 0.1) is 0 Å². The zero-order valence-corrected chi connectivity index (χ0v) is 8.15. The third kappa shape index (κ3) is 2.29. The maximum Gasteiger partial charge on any atom is 0.354 e. The minimum atomic E-state index is -1.16. The lowest BCUT2D eigenvalue weighted by Crippen LogP contribution is -2.14. The van der Waals surface area contributed by atoms with Crippen LogP contribution >= 0.6 is 11.6 Å². The molecule has 1 rings (SSSR count). The second kappa shape index (κ2) is 4.19. The van der Waals surface area contributed by atoms with Gasteiger partial charge in [0.05, 0.1) is 5.38 Å². The Morgan fingerprint density at radius 3 is 2.50 bits per heavy atom. The van der Waals surface area contributed by atoms with Crippen LogP contribution in [0.15, 0.2) is 18.2 Å². The van der Waals surface area contributed by atoms with Crippen LogP contribution in [0.25, 0.3) is 0 Å². The van der Waals surface area contributed by atoms with E-state index in [1.54, 1.807) is 0 Å². The number of carboxylic acid groups (broad SMARTS) is 1. The Morgan fingerprint density at radius 2 is 2.00 bits per heavy atom. The summed E-state index contributed by atoms with van der Waals surface area (Å²) in [4.78, 5) is 25.5. The summed E-state index contributed by atoms with van der Waals surface area (Å²) in [6.45, 7) is 1.51. The molecular weight excluding hydrogens is 206 g/mol. The highest BCUT2D eigenvalue weighted by Gasteiger charge is 2.15. The quantitative estimate of drug-likeness (QED) is 0.612. The Bertz CT molecular complexity index is 376. The van der Waals surface area contributed by atoms with Crippen molar-refractivity contribution in [3.05, 3.63) is 29.6 Å². The Morgan fingerprint density at radius 1 is 1.43 bits per heavy atom. The molecule has 74 valence electrons. The van der Waals surface area contributed by atoms with E-state index < -0.39 is 11.3 Å². The molecule has 1 aromatic rings. The molecule has 14 heavy (non-hydrogen) atoms. The van der Waals surface area contributed by atoms with Crippen molar-refractivity contribution in [1.82, 2.24) is 4.98 Å². The molecule has 0 aromatic carbocycles. The van der Waals surface area contributed by atoms with Crippen molar-refractivity contribution in [2.75, 3.05) is 0 Å². The van der Waals surface area contributed by atoms with Crippen LogP contribution in [0.1, 0.15) is 27.9 Å². The van der Waals surface area contributed by atoms with Crippen LogP contribution in [0.4, 0.5) is 0 Å². The number of alkyl halides is 1. The van der Waals surface area contributed by atoms with E-state index >= 15 is 0 Å². The maximum absolute atomic E-state index is 11.3. The van der Waals surface area contributed by atoms with Gasteiger partial charge >= 0.3 is 5.97 Å². The molecule has 1 N–H and O–H groups in total. The highest BCUT2D eigenvalue weighted by molar-refractivity contribution is 6.33. The zero-order chi connectivity index (χ0) is 10.7. The Balaban J connectivity index is 3.06. The van der Waals surface area contributed by atoms with Gasteiger partial charge in [0.1, 0.15) is 11.4 Å². The van der Waals surface area contributed by atoms with Gasteiger partial charge in [0.15, 0.2) is 5.78 Å². The van der Waals surface area contributed by atoms with Crippen LogP contribution in [0.5, 0.6) is 0 Å². The molecule has 0 aliphatic heterocycles. The summed E-state index contributed by atoms with van der Waals surface area (Å²) < 4.78 is 0. The second-order valence-corrected chi connectivity index (χ2v) is 3.35. The van der Waals surface area contributed by atoms with Crippen molar-refractivity contribution in [2.45, 2.75) is 12.3 Å². The molecule has 1 aromatic heterocycles. The molecule has 5 heteroatoms. The molecule has 0 saturated carbocycles. The largest absolute Gasteiger partial charge is 0.477 e. The number of nitrogens with zero attached hydrogens (tertiary/aromatic N) is 1. The number of hydrogen-bond donors (Lipinski definition) is 1. The van der Waals surface area contributed by atoms with Gasteiger partial charge in [0.2, 0.25) is 0 Å². The first-order chi connectivity index (χ1) is 6.52. The van der Waals surface area contributed by atoms with Crippen LogP contribution in [0.3, 0.4) is 0 Å². The zero-order valence-electron chi connectivity index (χ0n) is 7.40. The predicted octanol–water partition coefficient (Wildman–Crippen LogP) is 1.59. The summed E-state index contributed by atoms with van der Waals surface area (Å²) in [5.74, 6) is -1.54. The number of carboxylic acids is 1. The first-order valence-electron chi connectivity index (χ1n) is 3.91. The van der Waals surface area contributed by atoms with E-state index in [9.17, 15) is 9.59 Å². The summed E-state index contributed by atoms with van der Waals surface area (Å²) in [5, 5.41) is 7.92. The lowest BCUT2D eigenvalue weighted by molar-refractivity contribution is 0.0690. The number of hydrogen-bond acceptors (Lipinski definition) is 3. The number of rotatable bonds is 3. The molecule has 0 fully saturated rings. The maximum atomic E-state index is 11.3. The minimum Gasteiger partial charge on any atom is -0.477 e. The van der Waals surface area contributed by atoms with E-state index in [0.717, 1.165) is 0 Å². The lowest BCUT2D eigenvalue weighted by Gasteiger charge is -2.01. The first kappa shape index (κ1) is 10.7. The van der Waals surface area contributed by atoms with Crippen LogP contribution in [-0.2, 0) is 0 Å². The number of aromatic carboxylic acids is 1. The van der Waals surface area contributed by atoms with Crippen LogP contribution in [0.2, 0.25) is 0 Å². The van der Waals surface area contributed by atoms with Gasteiger partial charge in [-0.15, -0.1) is 11.6 Å². The number of pyridine rings is 1. The average molecular weight is 214 g/mol. The number of aromatic nitrogens is 1. The van der Waals surface area contributed by atoms with Gasteiger partial charge in [-0.2, -0.15) is 0 Å². The molecule has 0 unspecified atom stereocenters. The Labute approximate surface area is 85.5 Å². The van der Waals surface area contributed by atoms with Crippen molar-refractivity contribution in [2.24, 2.45) is 0 Å². The van der Waals surface area contributed by atoms with E-state index in [1.165, 1.54) is 25.1 Å². The molecule has 1 atom stereocenters. The molecule has 4 nitrogen and oxygen atoms in total. The fraction of sp³-hybridized carbons (Fsp3) is 0.222. The minimum absolute atomic E-state index is 0.0763. The molecule has 0 radical (unpaired) electrons. The summed E-state index contributed by atoms with van der Waals surface area (Å²) in [5.41, 5.74) is -0.0828. The molecule has 1 heterocycles. The van der Waals surface area contributed by atoms with Crippen molar-refractivity contribution >= 4 is 23.4 Å². The standard InChI is InChI=1S/C9H8ClNO3/c1-5(10)8(12)6-3-2-4-7(11-6)9(13)14/h2-5H,1H3,(H,13,14)/t5-/m0/s1. The van der Waals surface area contributed by atoms with Crippen molar-refractivity contribution in [3.63, 3.8) is 0 Å². The fourth-order valence-electron chi connectivity index (χ4n) is 0.895. The van der Waals surface area contributed by atoms with E-state index in [4.69, 9.17) is 16.7 Å². The van der Waals surface area contributed by atoms with Gasteiger partial charge in [-0.05, 0) is 19.1 Å². The van der Waals surface area contributed by atoms with Gasteiger partial charge in [-0.25, -0.2) is 9.78 Å². The number of carbonyl (C=O) groups excluding carboxylic acids is 1. The molecule has 0 saturated heterocycles. The number of halogens is 1. The number of carbonyl (C=O) groups is 2. The predicted molar refractivity (Wildman–Crippen MR) is 50.8 cm³/mol. The van der Waals surface area contributed by atoms with Gasteiger partial charge < -0.3 is 5.11 Å². The van der Waals surface area contributed by atoms with Crippen molar-refractivity contribution in [1.29, 1.82) is 0 Å². The monoisotopic (exact) mass is 213 g/mol. The highest BCUT2D eigenvalue weighted by Crippen LogP contribution is 2.06. The van der Waals surface area contributed by atoms with Crippen LogP contribution in [-0.4, -0.2) is 27.2 Å². The third-order valence-corrected chi connectivity index (χ3v) is 1.78. The SMILES string of the molecule is C[C@H](Cl)C(=O)c1cccc(C(=O)O)n1. The topological polar surface area (TPSA) is 67.3 Å². The molecule has 0 bridgehead atoms. The summed E-state index contributed by atoms with van der Waals surface area (Å²) in [6, 6.07) is 4.22. The van der Waals surface area contributed by atoms with Gasteiger partial charge in [-0.3, -0.25) is 4.79 Å². The highest BCUT2D eigenvalue weighted by atomic mass is 35.5. The fourth-order valence-corrected chi connectivity index (χ4v) is 1.01. The Kier molecular flexibility index (Phi) is 3.19. The Hall–Kier alpha value is -1.42. The molecule has 0 amide bonds. The van der Waals surface area contributed by atoms with E-state index in [-0.39, 0.29) is 17.2 Å². The normalized spacial score (nSPS) is 12.1. The van der Waals surface area contributed by atoms with Gasteiger partial charge in [0.25, 0.3) is 0 Å². The molecule has 0 aliphatic rings. The molecule has 0 spiro atoms. The van der Waals surface area contributed by atoms with Crippen LogP contribution < -0.4 is 0 Å². The van der Waals surface area contributed by atoms with E-state index in [2.05, 4.69) is 4.98 Å². The number of Topliss-reactive ketones (excluding diaryl/α,β-unsaturated/α-hetero) is 1. The molecular formula is C9H8ClNO3. The first-order valence-corrected chi connectivity index (χ1v) is 4.34. The summed E-state index contributed by atoms with van der Waals surface area (Å²) >= 11 is 5.56. The lowest BCUT2D eigenvalue weighted by atomic mass is 10.2. The van der Waals surface area contributed by atoms with E-state index in [1.807, 2.05) is 0 Å². The van der Waals surface area contributed by atoms with Gasteiger partial charge in [0, 0.05) is 0 Å². The third-order valence-electron chi connectivity index (χ3n) is 1.58.